The molecule has 2 aliphatic carbocycles. The standard InChI is InChI=1S/C27H25OSi.2ClH.Zr/c1-29(2)25-16-22-20-11-4-3-8-17(20)15-24(22)26(27(25)29)23-14-18(9-7-13-28)19-10-5-6-12-21(19)23;;;/h3-6,8,10-12,14-16,23,28H,7,9,13H2,1-2H3;2*1H;/q;;;+2/p-2. The molecule has 0 fully saturated rings. The van der Waals surface area contributed by atoms with Gasteiger partial charge in [0.1, 0.15) is 0 Å². The molecule has 3 aliphatic rings. The van der Waals surface area contributed by atoms with E-state index in [9.17, 15) is 5.11 Å². The fraction of sp³-hybridized carbons (Fsp3) is 0.259. The molecular weight excluding hydrogens is 531 g/mol. The van der Waals surface area contributed by atoms with Crippen LogP contribution in [0.1, 0.15) is 50.2 Å². The van der Waals surface area contributed by atoms with Crippen molar-refractivity contribution in [2.45, 2.75) is 35.5 Å². The van der Waals surface area contributed by atoms with Crippen molar-refractivity contribution in [3.05, 3.63) is 88.5 Å². The number of allylic oxidation sites excluding steroid dienone is 2. The van der Waals surface area contributed by atoms with Gasteiger partial charge in [-0.2, -0.15) is 0 Å². The molecule has 6 rings (SSSR count). The minimum atomic E-state index is -1.43. The van der Waals surface area contributed by atoms with Gasteiger partial charge in [0.05, 0.1) is 0 Å². The number of halogens is 2. The van der Waals surface area contributed by atoms with Crippen molar-refractivity contribution in [2.75, 3.05) is 6.61 Å². The summed E-state index contributed by atoms with van der Waals surface area (Å²) in [6.07, 6.45) is 4.33. The van der Waals surface area contributed by atoms with E-state index < -0.39 is 8.07 Å². The van der Waals surface area contributed by atoms with Crippen LogP contribution >= 0.6 is 0 Å². The third kappa shape index (κ3) is 3.31. The summed E-state index contributed by atoms with van der Waals surface area (Å²) in [6, 6.07) is 20.6. The van der Waals surface area contributed by atoms with Gasteiger partial charge in [-0.05, 0) is 0 Å². The van der Waals surface area contributed by atoms with Crippen molar-refractivity contribution in [3.8, 4) is 11.1 Å². The van der Waals surface area contributed by atoms with Gasteiger partial charge in [-0.3, -0.25) is 0 Å². The molecule has 2 atom stereocenters. The Morgan fingerprint density at radius 3 is 2.25 bits per heavy atom. The van der Waals surface area contributed by atoms with Crippen LogP contribution in [0.15, 0.2) is 60.7 Å². The number of benzene rings is 3. The van der Waals surface area contributed by atoms with Crippen molar-refractivity contribution in [3.63, 3.8) is 0 Å². The maximum Gasteiger partial charge on any atom is -1.00 e. The van der Waals surface area contributed by atoms with Gasteiger partial charge in [-0.1, -0.05) is 0 Å². The first-order valence-corrected chi connectivity index (χ1v) is 15.4. The molecule has 161 valence electrons. The first kappa shape index (κ1) is 24.2. The molecule has 2 unspecified atom stereocenters. The Kier molecular flexibility index (Phi) is 6.55. The summed E-state index contributed by atoms with van der Waals surface area (Å²) in [4.78, 5) is 0. The smallest absolute Gasteiger partial charge is 1.00 e. The summed E-state index contributed by atoms with van der Waals surface area (Å²) in [7, 11) is -1.43. The van der Waals surface area contributed by atoms with Crippen molar-refractivity contribution in [1.82, 2.24) is 0 Å². The third-order valence-corrected chi connectivity index (χ3v) is 12.2. The molecule has 3 aromatic carbocycles. The molecule has 3 aromatic rings. The molecule has 0 spiro atoms. The summed E-state index contributed by atoms with van der Waals surface area (Å²) < 4.78 is 0.538. The summed E-state index contributed by atoms with van der Waals surface area (Å²) >= 11 is 1.59. The number of rotatable bonds is 4. The Morgan fingerprint density at radius 2 is 1.53 bits per heavy atom. The molecule has 5 heteroatoms. The van der Waals surface area contributed by atoms with Crippen LogP contribution in [0.3, 0.4) is 0 Å². The molecular formula is C27H25Cl2OSiZr. The molecule has 0 radical (unpaired) electrons. The van der Waals surface area contributed by atoms with Crippen molar-refractivity contribution >= 4 is 24.0 Å². The number of hydrogen-bond donors (Lipinski definition) is 1. The monoisotopic (exact) mass is 553 g/mol. The molecule has 1 heterocycles. The van der Waals surface area contributed by atoms with E-state index in [0.29, 0.717) is 9.54 Å². The molecule has 0 saturated carbocycles. The molecule has 0 saturated heterocycles. The van der Waals surface area contributed by atoms with Gasteiger partial charge in [0.15, 0.2) is 0 Å². The number of fused-ring (bicyclic) bond motifs is 5. The third-order valence-electron chi connectivity index (χ3n) is 7.42. The van der Waals surface area contributed by atoms with Gasteiger partial charge in [0.2, 0.25) is 0 Å². The number of aliphatic hydroxyl groups excluding tert-OH is 1. The summed E-state index contributed by atoms with van der Waals surface area (Å²) in [5.74, 6) is 0.366. The van der Waals surface area contributed by atoms with Gasteiger partial charge in [0, 0.05) is 0 Å². The van der Waals surface area contributed by atoms with Gasteiger partial charge < -0.3 is 24.8 Å². The topological polar surface area (TPSA) is 20.2 Å². The van der Waals surface area contributed by atoms with Crippen molar-refractivity contribution in [1.29, 1.82) is 0 Å². The Morgan fingerprint density at radius 1 is 0.875 bits per heavy atom. The van der Waals surface area contributed by atoms with Crippen LogP contribution in [0.2, 0.25) is 13.1 Å². The minimum absolute atomic E-state index is 0. The summed E-state index contributed by atoms with van der Waals surface area (Å²) in [5, 5.41) is 12.8. The van der Waals surface area contributed by atoms with Crippen LogP contribution < -0.4 is 35.2 Å². The van der Waals surface area contributed by atoms with Crippen molar-refractivity contribution < 1.29 is 54.6 Å². The van der Waals surface area contributed by atoms with E-state index in [-0.39, 0.29) is 31.4 Å². The first-order valence-electron chi connectivity index (χ1n) is 11.0. The van der Waals surface area contributed by atoms with Crippen molar-refractivity contribution in [2.24, 2.45) is 0 Å². The molecule has 0 aromatic heterocycles. The van der Waals surface area contributed by atoms with E-state index in [0.717, 1.165) is 12.8 Å². The molecule has 1 N–H and O–H groups in total. The normalized spacial score (nSPS) is 20.2. The second-order valence-electron chi connectivity index (χ2n) is 9.40. The Bertz CT molecular complexity index is 1250. The predicted octanol–water partition coefficient (Wildman–Crippen LogP) is -1.25. The minimum Gasteiger partial charge on any atom is -1.00 e. The van der Waals surface area contributed by atoms with Gasteiger partial charge in [0.25, 0.3) is 0 Å². The van der Waals surface area contributed by atoms with Gasteiger partial charge >= 0.3 is 196 Å². The van der Waals surface area contributed by atoms with Crippen LogP contribution in [0.4, 0.5) is 0 Å². The Hall–Kier alpha value is -0.960. The quantitative estimate of drug-likeness (QED) is 0.399. The van der Waals surface area contributed by atoms with Crippen LogP contribution in [0.5, 0.6) is 0 Å². The van der Waals surface area contributed by atoms with E-state index in [4.69, 9.17) is 0 Å². The zero-order chi connectivity index (χ0) is 20.6. The van der Waals surface area contributed by atoms with E-state index in [1.165, 1.54) is 33.4 Å². The average molecular weight is 556 g/mol. The van der Waals surface area contributed by atoms with E-state index in [1.54, 1.807) is 46.2 Å². The fourth-order valence-corrected chi connectivity index (χ4v) is 10.7. The second-order valence-corrected chi connectivity index (χ2v) is 15.1. The SMILES string of the molecule is C[Si]1(C)c2cc3c(c(C4C=C(CCCO)c5ccccc54)c21)[CH]([Zr+2])c1ccccc1-3.[Cl-].[Cl-]. The molecule has 0 bridgehead atoms. The average Bonchev–Trinajstić information content (AvgIpc) is 3.04. The number of aliphatic hydroxyl groups is 1. The zero-order valence-electron chi connectivity index (χ0n) is 18.3. The number of hydrogen-bond acceptors (Lipinski definition) is 1. The molecule has 0 amide bonds. The van der Waals surface area contributed by atoms with Crippen LogP contribution in [-0.2, 0) is 24.7 Å². The molecule has 1 aliphatic heterocycles. The van der Waals surface area contributed by atoms with Crippen LogP contribution in [0.25, 0.3) is 16.7 Å². The summed E-state index contributed by atoms with van der Waals surface area (Å²) in [5.41, 5.74) is 12.0. The summed E-state index contributed by atoms with van der Waals surface area (Å²) in [6.45, 7) is 5.31. The predicted molar refractivity (Wildman–Crippen MR) is 123 cm³/mol. The zero-order valence-corrected chi connectivity index (χ0v) is 23.2. The maximum absolute atomic E-state index is 9.42. The van der Waals surface area contributed by atoms with E-state index in [2.05, 4.69) is 73.8 Å². The largest absolute Gasteiger partial charge is 1.00 e. The molecule has 32 heavy (non-hydrogen) atoms. The Balaban J connectivity index is 0.00000122. The van der Waals surface area contributed by atoms with E-state index >= 15 is 0 Å². The fourth-order valence-electron chi connectivity index (χ4n) is 5.91. The second kappa shape index (κ2) is 8.67. The van der Waals surface area contributed by atoms with Gasteiger partial charge in [-0.15, -0.1) is 0 Å². The maximum atomic E-state index is 9.42. The Labute approximate surface area is 219 Å². The first-order chi connectivity index (χ1) is 14.5. The van der Waals surface area contributed by atoms with E-state index in [1.807, 2.05) is 0 Å². The van der Waals surface area contributed by atoms with Gasteiger partial charge in [-0.25, -0.2) is 0 Å². The molecule has 1 nitrogen and oxygen atoms in total. The van der Waals surface area contributed by atoms with Crippen LogP contribution in [-0.4, -0.2) is 19.8 Å². The van der Waals surface area contributed by atoms with Crippen LogP contribution in [0, 0.1) is 0 Å².